The number of hydrogen-bond donors (Lipinski definition) is 1. The maximum atomic E-state index is 10.1. The molecule has 0 saturated carbocycles. The molecule has 1 fully saturated rings. The topological polar surface area (TPSA) is 51.4 Å². The van der Waals surface area contributed by atoms with Crippen molar-refractivity contribution < 1.29 is 21.9 Å². The van der Waals surface area contributed by atoms with Gasteiger partial charge in [-0.15, -0.1) is 5.10 Å². The van der Waals surface area contributed by atoms with Crippen LogP contribution in [0.2, 0.25) is 0 Å². The number of aliphatic hydroxyl groups excluding tert-OH is 1. The number of anilines is 1. The number of piperidine rings is 1. The molecule has 1 saturated heterocycles. The summed E-state index contributed by atoms with van der Waals surface area (Å²) < 4.78 is 0. The third-order valence-corrected chi connectivity index (χ3v) is 5.96. The molecule has 2 aliphatic heterocycles. The maximum absolute atomic E-state index is 10.1. The van der Waals surface area contributed by atoms with Gasteiger partial charge in [0.05, 0.1) is 6.21 Å². The van der Waals surface area contributed by atoms with Gasteiger partial charge < -0.3 is 14.9 Å². The average Bonchev–Trinajstić information content (AvgIpc) is 2.96. The first-order valence-corrected chi connectivity index (χ1v) is 9.70. The predicted molar refractivity (Wildman–Crippen MR) is 115 cm³/mol. The first-order valence-electron chi connectivity index (χ1n) is 9.70. The monoisotopic (exact) mass is 433 g/mol. The summed E-state index contributed by atoms with van der Waals surface area (Å²) in [6, 6.07) is 17.9. The first-order chi connectivity index (χ1) is 13.6. The fourth-order valence-electron chi connectivity index (χ4n) is 4.39. The second-order valence-electron chi connectivity index (χ2n) is 7.57. The smallest absolute Gasteiger partial charge is 0.238 e. The van der Waals surface area contributed by atoms with E-state index in [0.29, 0.717) is 5.56 Å². The Balaban J connectivity index is 0.00000240. The van der Waals surface area contributed by atoms with E-state index in [0.717, 1.165) is 25.9 Å². The van der Waals surface area contributed by atoms with Crippen LogP contribution in [0, 0.1) is 0 Å². The van der Waals surface area contributed by atoms with Crippen LogP contribution in [0.25, 0.3) is 0 Å². The SMILES string of the molecule is CN1CCC2(CC1)/C(=C/C=N/N=C(\O)c1ccccc1)N(C)c1ccccc12.[Co]. The molecule has 1 radical (unpaired) electrons. The van der Waals surface area contributed by atoms with Gasteiger partial charge >= 0.3 is 0 Å². The van der Waals surface area contributed by atoms with Crippen molar-refractivity contribution in [3.05, 3.63) is 77.5 Å². The first kappa shape index (κ1) is 21.3. The van der Waals surface area contributed by atoms with Crippen molar-refractivity contribution >= 4 is 17.8 Å². The fraction of sp³-hybridized carbons (Fsp3) is 0.304. The summed E-state index contributed by atoms with van der Waals surface area (Å²) >= 11 is 0. The summed E-state index contributed by atoms with van der Waals surface area (Å²) in [6.07, 6.45) is 5.91. The quantitative estimate of drug-likeness (QED) is 0.453. The number of allylic oxidation sites excluding steroid dienone is 2. The molecule has 29 heavy (non-hydrogen) atoms. The third-order valence-electron chi connectivity index (χ3n) is 5.96. The molecular formula is C23H26CoN4O. The average molecular weight is 433 g/mol. The number of likely N-dealkylation sites (N-methyl/N-ethyl adjacent to an activating group) is 1. The van der Waals surface area contributed by atoms with E-state index in [4.69, 9.17) is 0 Å². The van der Waals surface area contributed by atoms with E-state index in [1.165, 1.54) is 16.9 Å². The minimum Gasteiger partial charge on any atom is -0.492 e. The zero-order chi connectivity index (χ0) is 19.6. The van der Waals surface area contributed by atoms with Crippen molar-refractivity contribution in [1.82, 2.24) is 4.90 Å². The van der Waals surface area contributed by atoms with Gasteiger partial charge in [0.1, 0.15) is 0 Å². The van der Waals surface area contributed by atoms with Crippen LogP contribution < -0.4 is 4.90 Å². The number of rotatable bonds is 3. The number of benzene rings is 2. The van der Waals surface area contributed by atoms with Gasteiger partial charge in [0.25, 0.3) is 0 Å². The molecule has 2 heterocycles. The van der Waals surface area contributed by atoms with Crippen molar-refractivity contribution in [2.45, 2.75) is 18.3 Å². The molecule has 2 aliphatic rings. The molecule has 2 aromatic carbocycles. The van der Waals surface area contributed by atoms with Crippen LogP contribution in [0.15, 0.2) is 76.6 Å². The van der Waals surface area contributed by atoms with E-state index in [-0.39, 0.29) is 28.1 Å². The minimum absolute atomic E-state index is 0. The Morgan fingerprint density at radius 2 is 1.66 bits per heavy atom. The van der Waals surface area contributed by atoms with Crippen LogP contribution in [0.5, 0.6) is 0 Å². The van der Waals surface area contributed by atoms with Crippen molar-refractivity contribution in [2.75, 3.05) is 32.1 Å². The van der Waals surface area contributed by atoms with Gasteiger partial charge in [-0.2, -0.15) is 5.10 Å². The molecule has 0 aliphatic carbocycles. The van der Waals surface area contributed by atoms with Crippen LogP contribution >= 0.6 is 0 Å². The summed E-state index contributed by atoms with van der Waals surface area (Å²) in [5.41, 5.74) is 4.60. The van der Waals surface area contributed by atoms with E-state index in [9.17, 15) is 5.11 Å². The van der Waals surface area contributed by atoms with Gasteiger partial charge in [-0.3, -0.25) is 0 Å². The van der Waals surface area contributed by atoms with Crippen LogP contribution in [-0.4, -0.2) is 49.3 Å². The van der Waals surface area contributed by atoms with Crippen LogP contribution in [0.4, 0.5) is 5.69 Å². The number of para-hydroxylation sites is 1. The van der Waals surface area contributed by atoms with Crippen LogP contribution in [0.1, 0.15) is 24.0 Å². The normalized spacial score (nSPS) is 20.3. The van der Waals surface area contributed by atoms with Crippen LogP contribution in [-0.2, 0) is 22.2 Å². The molecule has 0 unspecified atom stereocenters. The fourth-order valence-corrected chi connectivity index (χ4v) is 4.39. The number of aliphatic hydroxyl groups is 1. The summed E-state index contributed by atoms with van der Waals surface area (Å²) in [5, 5.41) is 18.1. The van der Waals surface area contributed by atoms with Gasteiger partial charge in [0.15, 0.2) is 0 Å². The second kappa shape index (κ2) is 8.94. The van der Waals surface area contributed by atoms with E-state index < -0.39 is 0 Å². The Hall–Kier alpha value is -2.41. The van der Waals surface area contributed by atoms with Gasteiger partial charge in [0, 0.05) is 46.2 Å². The second-order valence-corrected chi connectivity index (χ2v) is 7.57. The molecule has 153 valence electrons. The molecule has 1 spiro atoms. The van der Waals surface area contributed by atoms with E-state index >= 15 is 0 Å². The molecule has 6 heteroatoms. The summed E-state index contributed by atoms with van der Waals surface area (Å²) in [4.78, 5) is 4.66. The summed E-state index contributed by atoms with van der Waals surface area (Å²) in [5.74, 6) is -0.0766. The van der Waals surface area contributed by atoms with Gasteiger partial charge in [-0.25, -0.2) is 0 Å². The minimum atomic E-state index is -0.0766. The van der Waals surface area contributed by atoms with E-state index in [1.54, 1.807) is 6.21 Å². The van der Waals surface area contributed by atoms with E-state index in [2.05, 4.69) is 58.4 Å². The number of fused-ring (bicyclic) bond motifs is 2. The largest absolute Gasteiger partial charge is 0.492 e. The van der Waals surface area contributed by atoms with E-state index in [1.807, 2.05) is 36.4 Å². The molecule has 0 bridgehead atoms. The Morgan fingerprint density at radius 3 is 2.38 bits per heavy atom. The molecule has 5 nitrogen and oxygen atoms in total. The Labute approximate surface area is 182 Å². The molecule has 2 aromatic rings. The molecule has 0 amide bonds. The van der Waals surface area contributed by atoms with Crippen molar-refractivity contribution in [3.63, 3.8) is 0 Å². The number of hydrogen-bond acceptors (Lipinski definition) is 4. The van der Waals surface area contributed by atoms with Gasteiger partial charge in [-0.05, 0) is 62.8 Å². The summed E-state index contributed by atoms with van der Waals surface area (Å²) in [7, 11) is 4.31. The number of nitrogens with zero attached hydrogens (tertiary/aromatic N) is 4. The van der Waals surface area contributed by atoms with Crippen molar-refractivity contribution in [3.8, 4) is 0 Å². The zero-order valence-corrected chi connectivity index (χ0v) is 17.8. The molecule has 0 aromatic heterocycles. The zero-order valence-electron chi connectivity index (χ0n) is 16.7. The van der Waals surface area contributed by atoms with Crippen molar-refractivity contribution in [2.24, 2.45) is 10.2 Å². The van der Waals surface area contributed by atoms with Gasteiger partial charge in [0.2, 0.25) is 5.90 Å². The maximum Gasteiger partial charge on any atom is 0.238 e. The third kappa shape index (κ3) is 4.01. The Bertz CT molecular complexity index is 931. The predicted octanol–water partition coefficient (Wildman–Crippen LogP) is 3.97. The standard InChI is InChI=1S/C23H26N4O.Co/c1-26-16-13-23(14-17-26)19-10-6-7-11-20(19)27(2)21(23)12-15-24-25-22(28)18-8-4-3-5-9-18;/h3-12,15H,13-14,16-17H2,1-2H3,(H,25,28);/b21-12-,24-15+;. The van der Waals surface area contributed by atoms with Gasteiger partial charge in [-0.1, -0.05) is 36.4 Å². The number of likely N-dealkylation sites (tertiary alicyclic amines) is 1. The Kier molecular flexibility index (Phi) is 6.57. The molecular weight excluding hydrogens is 407 g/mol. The summed E-state index contributed by atoms with van der Waals surface area (Å²) in [6.45, 7) is 2.15. The molecule has 0 atom stereocenters. The van der Waals surface area contributed by atoms with Crippen LogP contribution in [0.3, 0.4) is 0 Å². The molecule has 1 N–H and O–H groups in total. The van der Waals surface area contributed by atoms with Crippen molar-refractivity contribution in [1.29, 1.82) is 0 Å². The molecule has 4 rings (SSSR count). The Morgan fingerprint density at radius 1 is 1.00 bits per heavy atom.